The molecule has 29 heavy (non-hydrogen) atoms. The number of aromatic nitrogens is 1. The number of benzene rings is 1. The van der Waals surface area contributed by atoms with Gasteiger partial charge in [0, 0.05) is 43.3 Å². The van der Waals surface area contributed by atoms with Gasteiger partial charge < -0.3 is 4.90 Å². The molecule has 2 aliphatic heterocycles. The number of nitrogens with zero attached hydrogens (tertiary/aromatic N) is 3. The Morgan fingerprint density at radius 3 is 2.79 bits per heavy atom. The molecule has 0 atom stereocenters. The van der Waals surface area contributed by atoms with Crippen molar-refractivity contribution in [3.8, 4) is 11.8 Å². The predicted molar refractivity (Wildman–Crippen MR) is 105 cm³/mol. The zero-order chi connectivity index (χ0) is 20.4. The summed E-state index contributed by atoms with van der Waals surface area (Å²) in [5, 5.41) is 11.3. The Morgan fingerprint density at radius 2 is 2.07 bits per heavy atom. The van der Waals surface area contributed by atoms with Crippen LogP contribution in [0.4, 0.5) is 15.9 Å². The van der Waals surface area contributed by atoms with Crippen LogP contribution in [0, 0.1) is 34.7 Å². The number of nitrogens with one attached hydrogen (secondary N) is 1. The Kier molecular flexibility index (Phi) is 4.91. The number of hydrogen-bond donors (Lipinski definition) is 1. The van der Waals surface area contributed by atoms with Gasteiger partial charge >= 0.3 is 5.69 Å². The lowest BCUT2D eigenvalue weighted by Crippen LogP contribution is -2.45. The number of piperidine rings is 1. The van der Waals surface area contributed by atoms with E-state index in [4.69, 9.17) is 4.84 Å². The quantitative estimate of drug-likeness (QED) is 0.479. The third-order valence-corrected chi connectivity index (χ3v) is 5.04. The first-order valence-corrected chi connectivity index (χ1v) is 9.26. The molecule has 0 bridgehead atoms. The van der Waals surface area contributed by atoms with E-state index in [2.05, 4.69) is 22.3 Å². The number of pyridine rings is 1. The molecule has 0 amide bonds. The number of nitro groups is 1. The van der Waals surface area contributed by atoms with E-state index < -0.39 is 10.5 Å². The fourth-order valence-corrected chi connectivity index (χ4v) is 3.50. The highest BCUT2D eigenvalue weighted by Gasteiger charge is 2.39. The monoisotopic (exact) mass is 394 g/mol. The SMILES string of the molecule is Cc1ccc([N+](=O)[O-])c(N2CCC3(C=C(C#Cc4cccc(F)c4)NO3)CC2)n1. The summed E-state index contributed by atoms with van der Waals surface area (Å²) < 4.78 is 13.3. The van der Waals surface area contributed by atoms with Crippen molar-refractivity contribution < 1.29 is 14.2 Å². The van der Waals surface area contributed by atoms with Gasteiger partial charge in [0.25, 0.3) is 0 Å². The molecule has 7 nitrogen and oxygen atoms in total. The summed E-state index contributed by atoms with van der Waals surface area (Å²) in [4.78, 5) is 23.0. The lowest BCUT2D eigenvalue weighted by atomic mass is 9.91. The van der Waals surface area contributed by atoms with Crippen molar-refractivity contribution in [3.05, 3.63) is 75.4 Å². The van der Waals surface area contributed by atoms with Crippen LogP contribution in [0.15, 0.2) is 48.2 Å². The van der Waals surface area contributed by atoms with Crippen molar-refractivity contribution >= 4 is 11.5 Å². The molecule has 2 aliphatic rings. The van der Waals surface area contributed by atoms with Crippen LogP contribution < -0.4 is 10.4 Å². The van der Waals surface area contributed by atoms with Crippen LogP contribution in [0.1, 0.15) is 24.1 Å². The molecule has 1 N–H and O–H groups in total. The third-order valence-electron chi connectivity index (χ3n) is 5.04. The molecule has 1 aromatic heterocycles. The molecular formula is C21H19FN4O3. The Morgan fingerprint density at radius 1 is 1.28 bits per heavy atom. The van der Waals surface area contributed by atoms with Gasteiger partial charge in [0.1, 0.15) is 17.1 Å². The van der Waals surface area contributed by atoms with Crippen LogP contribution in [-0.2, 0) is 4.84 Å². The summed E-state index contributed by atoms with van der Waals surface area (Å²) in [7, 11) is 0. The third kappa shape index (κ3) is 4.05. The summed E-state index contributed by atoms with van der Waals surface area (Å²) in [5.74, 6) is 5.94. The second kappa shape index (κ2) is 7.53. The molecule has 1 aromatic carbocycles. The second-order valence-corrected chi connectivity index (χ2v) is 7.13. The van der Waals surface area contributed by atoms with Crippen molar-refractivity contribution in [3.63, 3.8) is 0 Å². The minimum Gasteiger partial charge on any atom is -0.351 e. The molecule has 1 spiro atoms. The number of hydrogen-bond acceptors (Lipinski definition) is 6. The van der Waals surface area contributed by atoms with Gasteiger partial charge in [0.15, 0.2) is 0 Å². The maximum Gasteiger partial charge on any atom is 0.311 e. The number of anilines is 1. The van der Waals surface area contributed by atoms with Crippen LogP contribution >= 0.6 is 0 Å². The average molecular weight is 394 g/mol. The normalized spacial score (nSPS) is 17.3. The summed E-state index contributed by atoms with van der Waals surface area (Å²) in [6.45, 7) is 2.95. The molecule has 148 valence electrons. The first kappa shape index (κ1) is 18.9. The van der Waals surface area contributed by atoms with Gasteiger partial charge in [-0.2, -0.15) is 0 Å². The van der Waals surface area contributed by atoms with E-state index in [1.807, 2.05) is 17.9 Å². The van der Waals surface area contributed by atoms with Gasteiger partial charge in [-0.25, -0.2) is 9.37 Å². The number of halogens is 1. The van der Waals surface area contributed by atoms with Crippen LogP contribution in [0.5, 0.6) is 0 Å². The van der Waals surface area contributed by atoms with E-state index in [0.717, 1.165) is 5.69 Å². The number of hydroxylamine groups is 1. The number of aryl methyl sites for hydroxylation is 1. The number of allylic oxidation sites excluding steroid dienone is 1. The Balaban J connectivity index is 1.48. The van der Waals surface area contributed by atoms with E-state index in [1.54, 1.807) is 18.2 Å². The summed E-state index contributed by atoms with van der Waals surface area (Å²) in [5.41, 5.74) is 4.29. The maximum atomic E-state index is 13.3. The minimum atomic E-state index is -0.513. The van der Waals surface area contributed by atoms with E-state index in [9.17, 15) is 14.5 Å². The van der Waals surface area contributed by atoms with Gasteiger partial charge in [-0.1, -0.05) is 12.0 Å². The molecular weight excluding hydrogens is 375 g/mol. The van der Waals surface area contributed by atoms with Gasteiger partial charge in [-0.15, -0.1) is 0 Å². The number of rotatable bonds is 2. The molecule has 3 heterocycles. The largest absolute Gasteiger partial charge is 0.351 e. The van der Waals surface area contributed by atoms with Crippen molar-refractivity contribution in [1.82, 2.24) is 10.5 Å². The van der Waals surface area contributed by atoms with Crippen molar-refractivity contribution in [1.29, 1.82) is 0 Å². The highest BCUT2D eigenvalue weighted by Crippen LogP contribution is 2.35. The first-order valence-electron chi connectivity index (χ1n) is 9.26. The Bertz CT molecular complexity index is 1050. The van der Waals surface area contributed by atoms with Gasteiger partial charge in [0.05, 0.1) is 4.92 Å². The molecule has 8 heteroatoms. The van der Waals surface area contributed by atoms with Crippen LogP contribution in [0.2, 0.25) is 0 Å². The highest BCUT2D eigenvalue weighted by atomic mass is 19.1. The molecule has 1 fully saturated rings. The fourth-order valence-electron chi connectivity index (χ4n) is 3.50. The predicted octanol–water partition coefficient (Wildman–Crippen LogP) is 3.25. The molecule has 0 aliphatic carbocycles. The second-order valence-electron chi connectivity index (χ2n) is 7.13. The zero-order valence-electron chi connectivity index (χ0n) is 15.8. The lowest BCUT2D eigenvalue weighted by molar-refractivity contribution is -0.384. The Hall–Kier alpha value is -3.44. The zero-order valence-corrected chi connectivity index (χ0v) is 15.8. The summed E-state index contributed by atoms with van der Waals surface area (Å²) >= 11 is 0. The maximum absolute atomic E-state index is 13.3. The van der Waals surface area contributed by atoms with E-state index in [0.29, 0.717) is 43.0 Å². The Labute approximate surface area is 167 Å². The van der Waals surface area contributed by atoms with Crippen LogP contribution in [0.25, 0.3) is 0 Å². The van der Waals surface area contributed by atoms with Gasteiger partial charge in [-0.05, 0) is 43.2 Å². The minimum absolute atomic E-state index is 0.00852. The molecule has 4 rings (SSSR count). The molecule has 0 saturated carbocycles. The molecule has 0 unspecified atom stereocenters. The van der Waals surface area contributed by atoms with Gasteiger partial charge in [0.2, 0.25) is 5.82 Å². The van der Waals surface area contributed by atoms with E-state index in [1.165, 1.54) is 18.2 Å². The van der Waals surface area contributed by atoms with Gasteiger partial charge in [-0.3, -0.25) is 20.4 Å². The fraction of sp³-hybridized carbons (Fsp3) is 0.286. The van der Waals surface area contributed by atoms with Crippen molar-refractivity contribution in [2.45, 2.75) is 25.4 Å². The first-order chi connectivity index (χ1) is 13.9. The van der Waals surface area contributed by atoms with Crippen LogP contribution in [-0.4, -0.2) is 28.6 Å². The van der Waals surface area contributed by atoms with Crippen LogP contribution in [0.3, 0.4) is 0 Å². The molecule has 0 radical (unpaired) electrons. The average Bonchev–Trinajstić information content (AvgIpc) is 3.09. The van der Waals surface area contributed by atoms with E-state index in [-0.39, 0.29) is 11.5 Å². The van der Waals surface area contributed by atoms with Crippen molar-refractivity contribution in [2.24, 2.45) is 0 Å². The summed E-state index contributed by atoms with van der Waals surface area (Å²) in [6.07, 6.45) is 3.21. The topological polar surface area (TPSA) is 80.5 Å². The molecule has 2 aromatic rings. The van der Waals surface area contributed by atoms with E-state index >= 15 is 0 Å². The van der Waals surface area contributed by atoms with Crippen molar-refractivity contribution in [2.75, 3.05) is 18.0 Å². The smallest absolute Gasteiger partial charge is 0.311 e. The highest BCUT2D eigenvalue weighted by molar-refractivity contribution is 5.58. The summed E-state index contributed by atoms with van der Waals surface area (Å²) in [6, 6.07) is 9.24. The standard InChI is InChI=1S/C21H19FN4O3/c1-15-5-8-19(26(27)28)20(23-15)25-11-9-21(10-12-25)14-18(24-29-21)7-6-16-3-2-4-17(22)13-16/h2-5,8,13-14,24H,9-12H2,1H3. The molecule has 1 saturated heterocycles. The lowest BCUT2D eigenvalue weighted by Gasteiger charge is -2.36.